The third-order valence-electron chi connectivity index (χ3n) is 4.64. The van der Waals surface area contributed by atoms with Gasteiger partial charge in [0.1, 0.15) is 0 Å². The minimum atomic E-state index is -0.626. The maximum Gasteiger partial charge on any atom is 0.270 e. The third-order valence-corrected chi connectivity index (χ3v) is 4.64. The second-order valence-corrected chi connectivity index (χ2v) is 6.14. The number of non-ortho nitro benzene ring substituents is 1. The lowest BCUT2D eigenvalue weighted by Gasteiger charge is -2.22. The van der Waals surface area contributed by atoms with Gasteiger partial charge in [-0.25, -0.2) is 0 Å². The topological polar surface area (TPSA) is 102 Å². The lowest BCUT2D eigenvalue weighted by atomic mass is 9.85. The third kappa shape index (κ3) is 2.33. The molecule has 26 heavy (non-hydrogen) atoms. The van der Waals surface area contributed by atoms with Crippen molar-refractivity contribution in [3.63, 3.8) is 0 Å². The van der Waals surface area contributed by atoms with Crippen molar-refractivity contribution in [1.82, 2.24) is 10.3 Å². The summed E-state index contributed by atoms with van der Waals surface area (Å²) >= 11 is 0. The SMILES string of the molecule is CC(c1ccccn1)c1ccc2cc([N+](=O)[O-])cc3c2c1C(=O)NC3=O. The Kier molecular flexibility index (Phi) is 3.50. The molecule has 2 aromatic carbocycles. The maximum atomic E-state index is 12.6. The zero-order chi connectivity index (χ0) is 18.4. The van der Waals surface area contributed by atoms with E-state index in [0.717, 1.165) is 11.3 Å². The van der Waals surface area contributed by atoms with Gasteiger partial charge in [-0.15, -0.1) is 0 Å². The first kappa shape index (κ1) is 15.9. The van der Waals surface area contributed by atoms with Gasteiger partial charge in [-0.05, 0) is 23.1 Å². The number of carbonyl (C=O) groups is 2. The molecule has 0 saturated carbocycles. The van der Waals surface area contributed by atoms with Crippen molar-refractivity contribution in [1.29, 1.82) is 0 Å². The average Bonchev–Trinajstić information content (AvgIpc) is 2.65. The number of pyridine rings is 1. The number of rotatable bonds is 3. The normalized spacial score (nSPS) is 14.2. The summed E-state index contributed by atoms with van der Waals surface area (Å²) in [7, 11) is 0. The molecule has 1 aromatic heterocycles. The van der Waals surface area contributed by atoms with E-state index in [9.17, 15) is 19.7 Å². The zero-order valence-corrected chi connectivity index (χ0v) is 13.7. The summed E-state index contributed by atoms with van der Waals surface area (Å²) in [4.78, 5) is 39.7. The van der Waals surface area contributed by atoms with Crippen LogP contribution in [0.4, 0.5) is 5.69 Å². The molecule has 1 atom stereocenters. The number of nitrogens with zero attached hydrogens (tertiary/aromatic N) is 2. The molecule has 1 unspecified atom stereocenters. The number of carbonyl (C=O) groups excluding carboxylic acids is 2. The van der Waals surface area contributed by atoms with Crippen LogP contribution in [0.15, 0.2) is 48.7 Å². The molecule has 7 heteroatoms. The largest absolute Gasteiger partial charge is 0.288 e. The Balaban J connectivity index is 2.03. The lowest BCUT2D eigenvalue weighted by Crippen LogP contribution is -2.35. The molecule has 0 saturated heterocycles. The second kappa shape index (κ2) is 5.73. The second-order valence-electron chi connectivity index (χ2n) is 6.14. The van der Waals surface area contributed by atoms with Gasteiger partial charge in [0.2, 0.25) is 0 Å². The molecule has 0 fully saturated rings. The van der Waals surface area contributed by atoms with Crippen molar-refractivity contribution >= 4 is 28.3 Å². The average molecular weight is 347 g/mol. The van der Waals surface area contributed by atoms with Crippen LogP contribution < -0.4 is 5.32 Å². The van der Waals surface area contributed by atoms with Crippen LogP contribution in [0.2, 0.25) is 0 Å². The van der Waals surface area contributed by atoms with E-state index in [2.05, 4.69) is 10.3 Å². The minimum Gasteiger partial charge on any atom is -0.288 e. The molecule has 0 bridgehead atoms. The molecule has 3 aromatic rings. The van der Waals surface area contributed by atoms with Gasteiger partial charge in [-0.2, -0.15) is 0 Å². The predicted octanol–water partition coefficient (Wildman–Crippen LogP) is 3.18. The van der Waals surface area contributed by atoms with Crippen molar-refractivity contribution in [2.75, 3.05) is 0 Å². The number of nitro groups is 1. The number of aromatic nitrogens is 1. The molecule has 1 aliphatic heterocycles. The summed E-state index contributed by atoms with van der Waals surface area (Å²) in [5.41, 5.74) is 1.82. The maximum absolute atomic E-state index is 12.6. The highest BCUT2D eigenvalue weighted by Crippen LogP contribution is 2.36. The number of imide groups is 1. The fraction of sp³-hybridized carbons (Fsp3) is 0.105. The van der Waals surface area contributed by atoms with E-state index in [4.69, 9.17) is 0 Å². The van der Waals surface area contributed by atoms with E-state index < -0.39 is 16.7 Å². The van der Waals surface area contributed by atoms with E-state index in [-0.39, 0.29) is 17.2 Å². The standard InChI is InChI=1S/C19H13N3O4/c1-10(15-4-2-3-7-20-15)13-6-5-11-8-12(22(25)26)9-14-16(11)17(13)19(24)21-18(14)23/h2-10H,1H3,(H,21,23,24). The first-order chi connectivity index (χ1) is 12.5. The van der Waals surface area contributed by atoms with Crippen molar-refractivity contribution in [3.05, 3.63) is 81.2 Å². The molecular formula is C19H13N3O4. The molecular weight excluding hydrogens is 334 g/mol. The van der Waals surface area contributed by atoms with Crippen molar-refractivity contribution in [2.24, 2.45) is 0 Å². The van der Waals surface area contributed by atoms with Gasteiger partial charge in [0.15, 0.2) is 0 Å². The number of hydrogen-bond acceptors (Lipinski definition) is 5. The molecule has 0 radical (unpaired) electrons. The highest BCUT2D eigenvalue weighted by molar-refractivity contribution is 6.26. The Morgan fingerprint density at radius 3 is 2.62 bits per heavy atom. The quantitative estimate of drug-likeness (QED) is 0.445. The lowest BCUT2D eigenvalue weighted by molar-refractivity contribution is -0.384. The molecule has 1 aliphatic rings. The van der Waals surface area contributed by atoms with Crippen molar-refractivity contribution in [2.45, 2.75) is 12.8 Å². The number of hydrogen-bond donors (Lipinski definition) is 1. The zero-order valence-electron chi connectivity index (χ0n) is 13.7. The fourth-order valence-electron chi connectivity index (χ4n) is 3.38. The van der Waals surface area contributed by atoms with Gasteiger partial charge in [-0.3, -0.25) is 30.0 Å². The summed E-state index contributed by atoms with van der Waals surface area (Å²) in [6.45, 7) is 1.93. The van der Waals surface area contributed by atoms with E-state index in [0.29, 0.717) is 16.3 Å². The van der Waals surface area contributed by atoms with Crippen LogP contribution in [0.5, 0.6) is 0 Å². The predicted molar refractivity (Wildman–Crippen MR) is 94.2 cm³/mol. The smallest absolute Gasteiger partial charge is 0.270 e. The van der Waals surface area contributed by atoms with Gasteiger partial charge in [0.05, 0.1) is 16.1 Å². The summed E-state index contributed by atoms with van der Waals surface area (Å²) in [5.74, 6) is -1.31. The van der Waals surface area contributed by atoms with Crippen LogP contribution >= 0.6 is 0 Å². The summed E-state index contributed by atoms with van der Waals surface area (Å²) < 4.78 is 0. The van der Waals surface area contributed by atoms with Crippen LogP contribution in [0.25, 0.3) is 10.8 Å². The molecule has 0 aliphatic carbocycles. The Hall–Kier alpha value is -3.61. The van der Waals surface area contributed by atoms with Gasteiger partial charge in [-0.1, -0.05) is 25.1 Å². The monoisotopic (exact) mass is 347 g/mol. The van der Waals surface area contributed by atoms with Gasteiger partial charge >= 0.3 is 0 Å². The molecule has 1 N–H and O–H groups in total. The Bertz CT molecular complexity index is 1090. The highest BCUT2D eigenvalue weighted by atomic mass is 16.6. The van der Waals surface area contributed by atoms with E-state index >= 15 is 0 Å². The molecule has 7 nitrogen and oxygen atoms in total. The Morgan fingerprint density at radius 1 is 1.12 bits per heavy atom. The molecule has 2 heterocycles. The van der Waals surface area contributed by atoms with Crippen molar-refractivity contribution in [3.8, 4) is 0 Å². The van der Waals surface area contributed by atoms with Crippen molar-refractivity contribution < 1.29 is 14.5 Å². The number of nitrogens with one attached hydrogen (secondary N) is 1. The Morgan fingerprint density at radius 2 is 1.92 bits per heavy atom. The van der Waals surface area contributed by atoms with Gasteiger partial charge in [0, 0.05) is 35.3 Å². The summed E-state index contributed by atoms with van der Waals surface area (Å²) in [5, 5.41) is 14.4. The van der Waals surface area contributed by atoms with E-state index in [1.807, 2.05) is 25.1 Å². The van der Waals surface area contributed by atoms with Crippen LogP contribution in [-0.2, 0) is 0 Å². The van der Waals surface area contributed by atoms with E-state index in [1.165, 1.54) is 12.1 Å². The number of amides is 2. The van der Waals surface area contributed by atoms with Crippen LogP contribution in [0, 0.1) is 10.1 Å². The minimum absolute atomic E-state index is 0.138. The summed E-state index contributed by atoms with van der Waals surface area (Å²) in [6.07, 6.45) is 1.68. The fourth-order valence-corrected chi connectivity index (χ4v) is 3.38. The molecule has 0 spiro atoms. The first-order valence-electron chi connectivity index (χ1n) is 7.99. The molecule has 2 amide bonds. The van der Waals surface area contributed by atoms with Gasteiger partial charge < -0.3 is 0 Å². The van der Waals surface area contributed by atoms with E-state index in [1.54, 1.807) is 18.3 Å². The Labute approximate surface area is 147 Å². The first-order valence-corrected chi connectivity index (χ1v) is 7.99. The molecule has 4 rings (SSSR count). The molecule has 128 valence electrons. The van der Waals surface area contributed by atoms with Crippen LogP contribution in [-0.4, -0.2) is 21.7 Å². The highest BCUT2D eigenvalue weighted by Gasteiger charge is 2.31. The van der Waals surface area contributed by atoms with Crippen LogP contribution in [0.3, 0.4) is 0 Å². The van der Waals surface area contributed by atoms with Crippen LogP contribution in [0.1, 0.15) is 44.8 Å². The summed E-state index contributed by atoms with van der Waals surface area (Å²) in [6, 6.07) is 11.6. The van der Waals surface area contributed by atoms with Gasteiger partial charge in [0.25, 0.3) is 17.5 Å². The number of benzene rings is 2. The number of nitro benzene ring substituents is 1.